The summed E-state index contributed by atoms with van der Waals surface area (Å²) in [6.07, 6.45) is 3.94. The van der Waals surface area contributed by atoms with Gasteiger partial charge in [-0.25, -0.2) is 19.6 Å². The van der Waals surface area contributed by atoms with Gasteiger partial charge in [0, 0.05) is 30.1 Å². The number of nitrogens with two attached hydrogens (primary N) is 1. The predicted molar refractivity (Wildman–Crippen MR) is 112 cm³/mol. The molecule has 9 nitrogen and oxygen atoms in total. The maximum absolute atomic E-state index is 10.6. The molecule has 9 heteroatoms. The number of ether oxygens (including phenoxy) is 1. The summed E-state index contributed by atoms with van der Waals surface area (Å²) in [4.78, 5) is 13.1. The number of benzene rings is 1. The highest BCUT2D eigenvalue weighted by Crippen LogP contribution is 2.33. The molecule has 1 aliphatic carbocycles. The van der Waals surface area contributed by atoms with Gasteiger partial charge in [-0.15, -0.1) is 0 Å². The molecule has 30 heavy (non-hydrogen) atoms. The van der Waals surface area contributed by atoms with Crippen LogP contribution in [-0.4, -0.2) is 54.6 Å². The third kappa shape index (κ3) is 2.94. The fourth-order valence-corrected chi connectivity index (χ4v) is 3.82. The van der Waals surface area contributed by atoms with E-state index in [2.05, 4.69) is 20.3 Å². The first-order valence-electron chi connectivity index (χ1n) is 10.1. The zero-order chi connectivity index (χ0) is 20.3. The van der Waals surface area contributed by atoms with Crippen molar-refractivity contribution in [2.24, 2.45) is 0 Å². The monoisotopic (exact) mass is 403 g/mol. The number of pyridine rings is 1. The lowest BCUT2D eigenvalue weighted by atomic mass is 9.98. The van der Waals surface area contributed by atoms with Crippen LogP contribution in [0.25, 0.3) is 33.2 Å². The lowest BCUT2D eigenvalue weighted by Gasteiger charge is -2.37. The van der Waals surface area contributed by atoms with Crippen molar-refractivity contribution >= 4 is 27.8 Å². The van der Waals surface area contributed by atoms with E-state index in [0.29, 0.717) is 54.2 Å². The van der Waals surface area contributed by atoms with Gasteiger partial charge < -0.3 is 20.9 Å². The Labute approximate surface area is 171 Å². The van der Waals surface area contributed by atoms with Gasteiger partial charge in [0.15, 0.2) is 5.65 Å². The molecule has 0 radical (unpaired) electrons. The summed E-state index contributed by atoms with van der Waals surface area (Å²) in [5, 5.41) is 20.1. The molecule has 2 aliphatic rings. The Morgan fingerprint density at radius 3 is 2.83 bits per heavy atom. The standard InChI is InChI=1S/C21H21N7O2/c22-19-17-18(27-28(20(17)25-11-24-19)10-21(29)8-23-9-21)13-1-5-15-12(7-13)2-6-16(26-15)30-14-3-4-14/h1-2,5-7,11,14,23,29H,3-4,8-10H2,(H2,22,24,25). The van der Waals surface area contributed by atoms with Gasteiger partial charge >= 0.3 is 0 Å². The number of nitrogen functional groups attached to an aromatic ring is 1. The van der Waals surface area contributed by atoms with Crippen LogP contribution < -0.4 is 15.8 Å². The SMILES string of the molecule is Nc1ncnc2c1c(-c1ccc3nc(OC4CC4)ccc3c1)nn2CC1(O)CNC1. The Balaban J connectivity index is 1.44. The molecule has 3 aromatic heterocycles. The molecular weight excluding hydrogens is 382 g/mol. The second-order valence-electron chi connectivity index (χ2n) is 8.17. The first kappa shape index (κ1) is 17.5. The summed E-state index contributed by atoms with van der Waals surface area (Å²) in [6, 6.07) is 9.86. The highest BCUT2D eigenvalue weighted by Gasteiger charge is 2.36. The largest absolute Gasteiger partial charge is 0.474 e. The average Bonchev–Trinajstić information content (AvgIpc) is 3.46. The smallest absolute Gasteiger partial charge is 0.214 e. The van der Waals surface area contributed by atoms with E-state index in [9.17, 15) is 5.11 Å². The van der Waals surface area contributed by atoms with Crippen LogP contribution in [0.1, 0.15) is 12.8 Å². The van der Waals surface area contributed by atoms with E-state index in [1.807, 2.05) is 30.3 Å². The number of nitrogens with one attached hydrogen (secondary N) is 1. The van der Waals surface area contributed by atoms with Crippen molar-refractivity contribution in [2.75, 3.05) is 18.8 Å². The van der Waals surface area contributed by atoms with E-state index in [1.54, 1.807) is 4.68 Å². The molecule has 1 saturated carbocycles. The zero-order valence-electron chi connectivity index (χ0n) is 16.2. The van der Waals surface area contributed by atoms with Crippen LogP contribution in [0, 0.1) is 0 Å². The van der Waals surface area contributed by atoms with E-state index in [1.165, 1.54) is 6.33 Å². The second-order valence-corrected chi connectivity index (χ2v) is 8.17. The van der Waals surface area contributed by atoms with Crippen LogP contribution in [0.15, 0.2) is 36.7 Å². The molecule has 0 bridgehead atoms. The first-order valence-corrected chi connectivity index (χ1v) is 10.1. The predicted octanol–water partition coefficient (Wildman–Crippen LogP) is 1.50. The lowest BCUT2D eigenvalue weighted by Crippen LogP contribution is -2.61. The summed E-state index contributed by atoms with van der Waals surface area (Å²) >= 11 is 0. The number of aromatic nitrogens is 5. The number of fused-ring (bicyclic) bond motifs is 2. The Hall–Kier alpha value is -3.30. The molecule has 4 heterocycles. The number of aliphatic hydroxyl groups is 1. The van der Waals surface area contributed by atoms with E-state index in [4.69, 9.17) is 15.6 Å². The molecule has 4 N–H and O–H groups in total. The molecule has 6 rings (SSSR count). The number of hydrogen-bond donors (Lipinski definition) is 3. The van der Waals surface area contributed by atoms with Gasteiger partial charge in [0.05, 0.1) is 17.4 Å². The first-order chi connectivity index (χ1) is 14.6. The van der Waals surface area contributed by atoms with Crippen molar-refractivity contribution in [1.29, 1.82) is 0 Å². The third-order valence-corrected chi connectivity index (χ3v) is 5.66. The van der Waals surface area contributed by atoms with Crippen LogP contribution in [0.3, 0.4) is 0 Å². The van der Waals surface area contributed by atoms with Crippen molar-refractivity contribution in [3.05, 3.63) is 36.7 Å². The van der Waals surface area contributed by atoms with Crippen LogP contribution in [-0.2, 0) is 6.54 Å². The number of hydrogen-bond acceptors (Lipinski definition) is 8. The topological polar surface area (TPSA) is 124 Å². The molecule has 1 aromatic carbocycles. The molecule has 2 fully saturated rings. The van der Waals surface area contributed by atoms with E-state index < -0.39 is 5.60 Å². The molecule has 0 spiro atoms. The Bertz CT molecular complexity index is 1280. The summed E-state index contributed by atoms with van der Waals surface area (Å²) < 4.78 is 7.52. The minimum atomic E-state index is -0.832. The van der Waals surface area contributed by atoms with Crippen molar-refractivity contribution in [1.82, 2.24) is 30.0 Å². The van der Waals surface area contributed by atoms with Gasteiger partial charge in [-0.3, -0.25) is 0 Å². The second kappa shape index (κ2) is 6.35. The molecule has 0 amide bonds. The average molecular weight is 403 g/mol. The highest BCUT2D eigenvalue weighted by molar-refractivity contribution is 5.99. The van der Waals surface area contributed by atoms with Crippen LogP contribution in [0.5, 0.6) is 5.88 Å². The summed E-state index contributed by atoms with van der Waals surface area (Å²) in [5.41, 5.74) is 8.42. The van der Waals surface area contributed by atoms with Crippen molar-refractivity contribution in [3.8, 4) is 17.1 Å². The minimum absolute atomic E-state index is 0.313. The van der Waals surface area contributed by atoms with Gasteiger partial charge in [0.2, 0.25) is 5.88 Å². The van der Waals surface area contributed by atoms with Gasteiger partial charge in [-0.2, -0.15) is 5.10 Å². The Morgan fingerprint density at radius 1 is 1.20 bits per heavy atom. The molecule has 152 valence electrons. The number of anilines is 1. The molecular formula is C21H21N7O2. The summed E-state index contributed by atoms with van der Waals surface area (Å²) in [7, 11) is 0. The molecule has 4 aromatic rings. The Kier molecular flexibility index (Phi) is 3.71. The lowest BCUT2D eigenvalue weighted by molar-refractivity contribution is -0.0263. The van der Waals surface area contributed by atoms with Crippen LogP contribution >= 0.6 is 0 Å². The maximum atomic E-state index is 10.6. The zero-order valence-corrected chi connectivity index (χ0v) is 16.2. The van der Waals surface area contributed by atoms with Gasteiger partial charge in [-0.05, 0) is 31.0 Å². The molecule has 0 atom stereocenters. The fourth-order valence-electron chi connectivity index (χ4n) is 3.82. The van der Waals surface area contributed by atoms with Crippen molar-refractivity contribution in [2.45, 2.75) is 31.1 Å². The highest BCUT2D eigenvalue weighted by atomic mass is 16.5. The molecule has 0 unspecified atom stereocenters. The number of β-amino-alcohol motifs (C(OH)–C–C–N with tert-alkyl or cyclic N) is 1. The van der Waals surface area contributed by atoms with Gasteiger partial charge in [-0.1, -0.05) is 6.07 Å². The Morgan fingerprint density at radius 2 is 2.07 bits per heavy atom. The third-order valence-electron chi connectivity index (χ3n) is 5.66. The van der Waals surface area contributed by atoms with E-state index in [0.717, 1.165) is 29.3 Å². The van der Waals surface area contributed by atoms with Crippen LogP contribution in [0.2, 0.25) is 0 Å². The fraction of sp³-hybridized carbons (Fsp3) is 0.333. The quantitative estimate of drug-likeness (QED) is 0.458. The molecule has 1 aliphatic heterocycles. The molecule has 1 saturated heterocycles. The van der Waals surface area contributed by atoms with Crippen LogP contribution in [0.4, 0.5) is 5.82 Å². The number of rotatable bonds is 5. The van der Waals surface area contributed by atoms with Crippen molar-refractivity contribution in [3.63, 3.8) is 0 Å². The van der Waals surface area contributed by atoms with Gasteiger partial charge in [0.25, 0.3) is 0 Å². The van der Waals surface area contributed by atoms with Gasteiger partial charge in [0.1, 0.15) is 29.5 Å². The van der Waals surface area contributed by atoms with Crippen molar-refractivity contribution < 1.29 is 9.84 Å². The minimum Gasteiger partial charge on any atom is -0.474 e. The van der Waals surface area contributed by atoms with E-state index >= 15 is 0 Å². The maximum Gasteiger partial charge on any atom is 0.214 e. The normalized spacial score (nSPS) is 17.9. The summed E-state index contributed by atoms with van der Waals surface area (Å²) in [6.45, 7) is 1.39. The summed E-state index contributed by atoms with van der Waals surface area (Å²) in [5.74, 6) is 1.03. The van der Waals surface area contributed by atoms with E-state index in [-0.39, 0.29) is 0 Å². The number of nitrogens with zero attached hydrogens (tertiary/aromatic N) is 5.